The Labute approximate surface area is 68.6 Å². The molecule has 5 heteroatoms. The smallest absolute Gasteiger partial charge is 0.323 e. The Balaban J connectivity index is 3.73. The molecule has 2 atom stereocenters. The lowest BCUT2D eigenvalue weighted by Crippen LogP contribution is -2.37. The third-order valence-electron chi connectivity index (χ3n) is 1.00. The lowest BCUT2D eigenvalue weighted by molar-refractivity contribution is -0.144. The number of rotatable bonds is 4. The van der Waals surface area contributed by atoms with Crippen molar-refractivity contribution in [1.82, 2.24) is 0 Å². The number of nitrogens with two attached hydrogens (primary N) is 1. The molecule has 0 amide bonds. The number of carbonyl (C=O) groups is 1. The second-order valence-electron chi connectivity index (χ2n) is 2.10. The molecule has 0 rings (SSSR count). The first-order valence-corrected chi connectivity index (χ1v) is 5.03. The Morgan fingerprint density at radius 2 is 2.27 bits per heavy atom. The van der Waals surface area contributed by atoms with Crippen molar-refractivity contribution in [3.05, 3.63) is 0 Å². The van der Waals surface area contributed by atoms with Gasteiger partial charge in [-0.2, -0.15) is 0 Å². The fourth-order valence-electron chi connectivity index (χ4n) is 0.570. The van der Waals surface area contributed by atoms with Crippen molar-refractivity contribution in [3.63, 3.8) is 0 Å². The van der Waals surface area contributed by atoms with E-state index in [1.54, 1.807) is 6.92 Å². The van der Waals surface area contributed by atoms with Crippen LogP contribution in [0.4, 0.5) is 0 Å². The summed E-state index contributed by atoms with van der Waals surface area (Å²) in [6, 6.07) is -0.749. The second-order valence-corrected chi connectivity index (χ2v) is 3.58. The summed E-state index contributed by atoms with van der Waals surface area (Å²) in [4.78, 5) is 10.8. The van der Waals surface area contributed by atoms with Gasteiger partial charge in [0.2, 0.25) is 0 Å². The lowest BCUT2D eigenvalue weighted by Gasteiger charge is -2.07. The molecule has 0 aromatic rings. The van der Waals surface area contributed by atoms with Crippen molar-refractivity contribution >= 4 is 16.8 Å². The van der Waals surface area contributed by atoms with Crippen LogP contribution in [0, 0.1) is 0 Å². The van der Waals surface area contributed by atoms with E-state index in [2.05, 4.69) is 4.74 Å². The van der Waals surface area contributed by atoms with E-state index in [0.29, 0.717) is 6.61 Å². The first-order chi connectivity index (χ1) is 5.07. The number of ether oxygens (including phenoxy) is 1. The summed E-state index contributed by atoms with van der Waals surface area (Å²) in [5.41, 5.74) is 5.34. The van der Waals surface area contributed by atoms with Crippen LogP contribution in [0.25, 0.3) is 0 Å². The van der Waals surface area contributed by atoms with Crippen LogP contribution >= 0.6 is 0 Å². The molecule has 0 fully saturated rings. The molecular formula is C6H13NO3S. The van der Waals surface area contributed by atoms with Gasteiger partial charge in [0.1, 0.15) is 6.04 Å². The number of esters is 1. The molecule has 0 radical (unpaired) electrons. The zero-order chi connectivity index (χ0) is 8.85. The molecule has 2 N–H and O–H groups in total. The van der Waals surface area contributed by atoms with Crippen LogP contribution in [0.1, 0.15) is 6.92 Å². The normalized spacial score (nSPS) is 15.5. The zero-order valence-corrected chi connectivity index (χ0v) is 7.52. The van der Waals surface area contributed by atoms with Crippen molar-refractivity contribution in [3.8, 4) is 0 Å². The fourth-order valence-corrected chi connectivity index (χ4v) is 1.21. The minimum Gasteiger partial charge on any atom is -0.465 e. The van der Waals surface area contributed by atoms with Crippen LogP contribution in [0.3, 0.4) is 0 Å². The summed E-state index contributed by atoms with van der Waals surface area (Å²) >= 11 is 0. The van der Waals surface area contributed by atoms with Crippen molar-refractivity contribution in [2.45, 2.75) is 13.0 Å². The summed E-state index contributed by atoms with van der Waals surface area (Å²) in [7, 11) is -1.05. The van der Waals surface area contributed by atoms with E-state index in [4.69, 9.17) is 5.73 Å². The topological polar surface area (TPSA) is 69.4 Å². The average molecular weight is 179 g/mol. The third kappa shape index (κ3) is 4.92. The van der Waals surface area contributed by atoms with Gasteiger partial charge in [-0.05, 0) is 6.92 Å². The Bertz CT molecular complexity index is 160. The van der Waals surface area contributed by atoms with Crippen LogP contribution in [0.5, 0.6) is 0 Å². The zero-order valence-electron chi connectivity index (χ0n) is 6.70. The van der Waals surface area contributed by atoms with Gasteiger partial charge in [0, 0.05) is 22.8 Å². The average Bonchev–Trinajstić information content (AvgIpc) is 1.86. The van der Waals surface area contributed by atoms with Crippen molar-refractivity contribution in [2.75, 3.05) is 18.6 Å². The summed E-state index contributed by atoms with van der Waals surface area (Å²) in [5, 5.41) is 0. The molecule has 0 aromatic heterocycles. The van der Waals surface area contributed by atoms with E-state index in [-0.39, 0.29) is 5.75 Å². The predicted molar refractivity (Wildman–Crippen MR) is 43.5 cm³/mol. The minimum absolute atomic E-state index is 0.166. The van der Waals surface area contributed by atoms with E-state index < -0.39 is 22.8 Å². The second kappa shape index (κ2) is 5.26. The molecule has 4 nitrogen and oxygen atoms in total. The minimum atomic E-state index is -1.05. The van der Waals surface area contributed by atoms with Gasteiger partial charge in [-0.25, -0.2) is 0 Å². The molecule has 0 aliphatic carbocycles. The SMILES string of the molecule is CCOC(=O)C(N)CS(C)=O. The third-order valence-corrected chi connectivity index (χ3v) is 1.83. The standard InChI is InChI=1S/C6H13NO3S/c1-3-10-6(8)5(7)4-11(2)9/h5H,3-4,7H2,1-2H3. The first-order valence-electron chi connectivity index (χ1n) is 3.30. The van der Waals surface area contributed by atoms with Gasteiger partial charge >= 0.3 is 5.97 Å². The molecule has 0 saturated carbocycles. The Hall–Kier alpha value is -0.420. The number of hydrogen-bond acceptors (Lipinski definition) is 4. The Morgan fingerprint density at radius 3 is 2.64 bits per heavy atom. The number of carbonyl (C=O) groups excluding carboxylic acids is 1. The molecule has 0 saturated heterocycles. The van der Waals surface area contributed by atoms with Crippen molar-refractivity contribution in [1.29, 1.82) is 0 Å². The predicted octanol–water partition coefficient (Wildman–Crippen LogP) is -0.745. The molecule has 0 aromatic carbocycles. The highest BCUT2D eigenvalue weighted by Crippen LogP contribution is 1.87. The highest BCUT2D eigenvalue weighted by Gasteiger charge is 2.15. The summed E-state index contributed by atoms with van der Waals surface area (Å²) in [6.07, 6.45) is 1.50. The molecule has 11 heavy (non-hydrogen) atoms. The van der Waals surface area contributed by atoms with Gasteiger partial charge in [-0.1, -0.05) is 0 Å². The van der Waals surface area contributed by atoms with E-state index in [1.807, 2.05) is 0 Å². The van der Waals surface area contributed by atoms with E-state index in [9.17, 15) is 9.00 Å². The Kier molecular flexibility index (Phi) is 5.06. The van der Waals surface area contributed by atoms with Gasteiger partial charge in [0.15, 0.2) is 0 Å². The van der Waals surface area contributed by atoms with Gasteiger partial charge in [0.05, 0.1) is 6.61 Å². The van der Waals surface area contributed by atoms with Crippen molar-refractivity contribution < 1.29 is 13.7 Å². The molecule has 66 valence electrons. The van der Waals surface area contributed by atoms with Gasteiger partial charge in [-0.3, -0.25) is 9.00 Å². The van der Waals surface area contributed by atoms with Crippen LogP contribution in [-0.4, -0.2) is 34.8 Å². The molecule has 0 spiro atoms. The monoisotopic (exact) mass is 179 g/mol. The quantitative estimate of drug-likeness (QED) is 0.577. The largest absolute Gasteiger partial charge is 0.465 e. The molecule has 0 bridgehead atoms. The fraction of sp³-hybridized carbons (Fsp3) is 0.833. The summed E-state index contributed by atoms with van der Waals surface area (Å²) < 4.78 is 15.2. The van der Waals surface area contributed by atoms with E-state index >= 15 is 0 Å². The maximum absolute atomic E-state index is 10.8. The molecule has 0 aliphatic heterocycles. The van der Waals surface area contributed by atoms with E-state index in [1.165, 1.54) is 6.26 Å². The Morgan fingerprint density at radius 1 is 1.73 bits per heavy atom. The molecule has 2 unspecified atom stereocenters. The lowest BCUT2D eigenvalue weighted by atomic mass is 10.4. The molecule has 0 heterocycles. The highest BCUT2D eigenvalue weighted by molar-refractivity contribution is 7.84. The summed E-state index contributed by atoms with van der Waals surface area (Å²) in [5.74, 6) is -0.318. The van der Waals surface area contributed by atoms with Gasteiger partial charge < -0.3 is 10.5 Å². The maximum Gasteiger partial charge on any atom is 0.323 e. The number of hydrogen-bond donors (Lipinski definition) is 1. The van der Waals surface area contributed by atoms with Crippen LogP contribution in [-0.2, 0) is 20.3 Å². The van der Waals surface area contributed by atoms with Gasteiger partial charge in [-0.15, -0.1) is 0 Å². The van der Waals surface area contributed by atoms with Crippen LogP contribution in [0.15, 0.2) is 0 Å². The molecule has 0 aliphatic rings. The van der Waals surface area contributed by atoms with E-state index in [0.717, 1.165) is 0 Å². The molecular weight excluding hydrogens is 166 g/mol. The summed E-state index contributed by atoms with van der Waals surface area (Å²) in [6.45, 7) is 2.01. The first kappa shape index (κ1) is 10.6. The highest BCUT2D eigenvalue weighted by atomic mass is 32.2. The van der Waals surface area contributed by atoms with Crippen LogP contribution in [0.2, 0.25) is 0 Å². The van der Waals surface area contributed by atoms with Crippen molar-refractivity contribution in [2.24, 2.45) is 5.73 Å². The maximum atomic E-state index is 10.8. The van der Waals surface area contributed by atoms with Gasteiger partial charge in [0.25, 0.3) is 0 Å². The van der Waals surface area contributed by atoms with Crippen LogP contribution < -0.4 is 5.73 Å².